The van der Waals surface area contributed by atoms with Crippen molar-refractivity contribution in [1.82, 2.24) is 15.0 Å². The second-order valence-corrected chi connectivity index (χ2v) is 8.13. The maximum Gasteiger partial charge on any atom is 0.348 e. The lowest BCUT2D eigenvalue weighted by molar-refractivity contribution is -0.0501. The number of ether oxygens (including phenoxy) is 1. The van der Waals surface area contributed by atoms with Gasteiger partial charge in [-0.15, -0.1) is 16.4 Å². The standard InChI is InChI=1S/C16H21N3O3S/c1-15(2,3)22-14(20)13-6-5-12(23-13)11-9-19(18-17-11)10-16(21)7-4-8-16/h5-6,9,21H,4,7-8,10H2,1-3H3. The van der Waals surface area contributed by atoms with Crippen LogP contribution in [-0.4, -0.2) is 37.3 Å². The number of hydrogen-bond acceptors (Lipinski definition) is 6. The highest BCUT2D eigenvalue weighted by Crippen LogP contribution is 2.33. The van der Waals surface area contributed by atoms with E-state index >= 15 is 0 Å². The van der Waals surface area contributed by atoms with Crippen LogP contribution >= 0.6 is 11.3 Å². The van der Waals surface area contributed by atoms with E-state index in [4.69, 9.17) is 4.74 Å². The Morgan fingerprint density at radius 1 is 1.43 bits per heavy atom. The van der Waals surface area contributed by atoms with Gasteiger partial charge in [-0.2, -0.15) is 0 Å². The van der Waals surface area contributed by atoms with Crippen molar-refractivity contribution in [1.29, 1.82) is 0 Å². The van der Waals surface area contributed by atoms with Crippen molar-refractivity contribution >= 4 is 17.3 Å². The lowest BCUT2D eigenvalue weighted by atomic mass is 9.80. The Labute approximate surface area is 139 Å². The van der Waals surface area contributed by atoms with Crippen LogP contribution in [0.25, 0.3) is 10.6 Å². The number of carbonyl (C=O) groups is 1. The summed E-state index contributed by atoms with van der Waals surface area (Å²) in [5, 5.41) is 18.4. The number of aliphatic hydroxyl groups is 1. The quantitative estimate of drug-likeness (QED) is 0.869. The van der Waals surface area contributed by atoms with Gasteiger partial charge in [0.15, 0.2) is 0 Å². The third-order valence-corrected chi connectivity index (χ3v) is 4.83. The van der Waals surface area contributed by atoms with Crippen LogP contribution in [0.1, 0.15) is 49.7 Å². The van der Waals surface area contributed by atoms with Crippen molar-refractivity contribution in [3.63, 3.8) is 0 Å². The average molecular weight is 335 g/mol. The maximum atomic E-state index is 12.1. The molecule has 0 saturated heterocycles. The first-order valence-corrected chi connectivity index (χ1v) is 8.52. The fraction of sp³-hybridized carbons (Fsp3) is 0.562. The van der Waals surface area contributed by atoms with Crippen LogP contribution in [0.5, 0.6) is 0 Å². The summed E-state index contributed by atoms with van der Waals surface area (Å²) in [6.07, 6.45) is 4.48. The molecule has 0 unspecified atom stereocenters. The Morgan fingerprint density at radius 2 is 2.17 bits per heavy atom. The van der Waals surface area contributed by atoms with Crippen LogP contribution < -0.4 is 0 Å². The third-order valence-electron chi connectivity index (χ3n) is 3.74. The van der Waals surface area contributed by atoms with Crippen molar-refractivity contribution in [3.05, 3.63) is 23.2 Å². The molecule has 0 radical (unpaired) electrons. The minimum Gasteiger partial charge on any atom is -0.456 e. The van der Waals surface area contributed by atoms with Gasteiger partial charge >= 0.3 is 5.97 Å². The Bertz CT molecular complexity index is 710. The molecule has 0 atom stereocenters. The van der Waals surface area contributed by atoms with E-state index in [1.54, 1.807) is 16.9 Å². The van der Waals surface area contributed by atoms with Gasteiger partial charge in [0.2, 0.25) is 0 Å². The Balaban J connectivity index is 1.71. The summed E-state index contributed by atoms with van der Waals surface area (Å²) >= 11 is 1.33. The Morgan fingerprint density at radius 3 is 2.78 bits per heavy atom. The summed E-state index contributed by atoms with van der Waals surface area (Å²) in [7, 11) is 0. The first-order valence-electron chi connectivity index (χ1n) is 7.70. The Kier molecular flexibility index (Phi) is 4.01. The van der Waals surface area contributed by atoms with Crippen LogP contribution in [0, 0.1) is 0 Å². The predicted octanol–water partition coefficient (Wildman–Crippen LogP) is 2.88. The zero-order chi connectivity index (χ0) is 16.7. The molecule has 0 spiro atoms. The molecular weight excluding hydrogens is 314 g/mol. The lowest BCUT2D eigenvalue weighted by Crippen LogP contribution is -2.41. The minimum absolute atomic E-state index is 0.329. The molecule has 2 aromatic rings. The van der Waals surface area contributed by atoms with Crippen LogP contribution in [0.2, 0.25) is 0 Å². The molecule has 1 aliphatic carbocycles. The highest BCUT2D eigenvalue weighted by Gasteiger charge is 2.35. The zero-order valence-corrected chi connectivity index (χ0v) is 14.4. The first kappa shape index (κ1) is 16.1. The molecule has 1 fully saturated rings. The highest BCUT2D eigenvalue weighted by atomic mass is 32.1. The molecule has 3 rings (SSSR count). The van der Waals surface area contributed by atoms with E-state index in [2.05, 4.69) is 10.3 Å². The normalized spacial score (nSPS) is 16.9. The molecule has 6 nitrogen and oxygen atoms in total. The second-order valence-electron chi connectivity index (χ2n) is 7.05. The number of rotatable bonds is 4. The zero-order valence-electron chi connectivity index (χ0n) is 13.6. The minimum atomic E-state index is -0.637. The largest absolute Gasteiger partial charge is 0.456 e. The van der Waals surface area contributed by atoms with Crippen LogP contribution in [0.3, 0.4) is 0 Å². The van der Waals surface area contributed by atoms with Gasteiger partial charge in [0.25, 0.3) is 0 Å². The number of thiophene rings is 1. The molecule has 0 aromatic carbocycles. The van der Waals surface area contributed by atoms with Crippen LogP contribution in [-0.2, 0) is 11.3 Å². The average Bonchev–Trinajstić information content (AvgIpc) is 3.02. The molecule has 1 N–H and O–H groups in total. The van der Waals surface area contributed by atoms with Crippen molar-refractivity contribution < 1.29 is 14.6 Å². The van der Waals surface area contributed by atoms with E-state index in [1.807, 2.05) is 26.8 Å². The summed E-state index contributed by atoms with van der Waals surface area (Å²) in [4.78, 5) is 13.5. The van der Waals surface area contributed by atoms with Crippen molar-refractivity contribution in [3.8, 4) is 10.6 Å². The van der Waals surface area contributed by atoms with Crippen molar-refractivity contribution in [2.24, 2.45) is 0 Å². The number of nitrogens with zero attached hydrogens (tertiary/aromatic N) is 3. The van der Waals surface area contributed by atoms with E-state index in [9.17, 15) is 9.90 Å². The summed E-state index contributed by atoms with van der Waals surface area (Å²) < 4.78 is 7.03. The van der Waals surface area contributed by atoms with Crippen LogP contribution in [0.15, 0.2) is 18.3 Å². The molecule has 23 heavy (non-hydrogen) atoms. The summed E-state index contributed by atoms with van der Waals surface area (Å²) in [6, 6.07) is 3.59. The molecular formula is C16H21N3O3S. The molecule has 0 bridgehead atoms. The fourth-order valence-electron chi connectivity index (χ4n) is 2.45. The number of carbonyl (C=O) groups excluding carboxylic acids is 1. The summed E-state index contributed by atoms with van der Waals surface area (Å²) in [5.74, 6) is -0.329. The van der Waals surface area contributed by atoms with Crippen LogP contribution in [0.4, 0.5) is 0 Å². The first-order chi connectivity index (χ1) is 10.7. The molecule has 124 valence electrons. The molecule has 2 aromatic heterocycles. The van der Waals surface area contributed by atoms with Gasteiger partial charge in [0.05, 0.1) is 23.2 Å². The number of aromatic nitrogens is 3. The predicted molar refractivity (Wildman–Crippen MR) is 87.3 cm³/mol. The molecule has 1 aliphatic rings. The smallest absolute Gasteiger partial charge is 0.348 e. The molecule has 0 aliphatic heterocycles. The second kappa shape index (κ2) is 5.72. The maximum absolute atomic E-state index is 12.1. The molecule has 0 amide bonds. The van der Waals surface area contributed by atoms with Gasteiger partial charge in [-0.1, -0.05) is 5.21 Å². The van der Waals surface area contributed by atoms with Crippen molar-refractivity contribution in [2.45, 2.75) is 57.8 Å². The lowest BCUT2D eigenvalue weighted by Gasteiger charge is -2.36. The number of esters is 1. The van der Waals surface area contributed by atoms with E-state index in [0.717, 1.165) is 24.1 Å². The van der Waals surface area contributed by atoms with Gasteiger partial charge < -0.3 is 9.84 Å². The number of hydrogen-bond donors (Lipinski definition) is 1. The molecule has 1 saturated carbocycles. The summed E-state index contributed by atoms with van der Waals surface area (Å²) in [5.41, 5.74) is -0.447. The van der Waals surface area contributed by atoms with Gasteiger partial charge in [-0.25, -0.2) is 9.48 Å². The van der Waals surface area contributed by atoms with E-state index in [-0.39, 0.29) is 5.97 Å². The van der Waals surface area contributed by atoms with E-state index in [0.29, 0.717) is 17.1 Å². The van der Waals surface area contributed by atoms with Gasteiger partial charge in [0, 0.05) is 0 Å². The fourth-order valence-corrected chi connectivity index (χ4v) is 3.28. The monoisotopic (exact) mass is 335 g/mol. The topological polar surface area (TPSA) is 77.2 Å². The van der Waals surface area contributed by atoms with Gasteiger partial charge in [-0.05, 0) is 52.2 Å². The summed E-state index contributed by atoms with van der Waals surface area (Å²) in [6.45, 7) is 5.99. The van der Waals surface area contributed by atoms with Gasteiger partial charge in [0.1, 0.15) is 16.2 Å². The molecule has 7 heteroatoms. The van der Waals surface area contributed by atoms with Crippen molar-refractivity contribution in [2.75, 3.05) is 0 Å². The van der Waals surface area contributed by atoms with E-state index in [1.165, 1.54) is 11.3 Å². The highest BCUT2D eigenvalue weighted by molar-refractivity contribution is 7.17. The molecule has 2 heterocycles. The van der Waals surface area contributed by atoms with Gasteiger partial charge in [-0.3, -0.25) is 0 Å². The third kappa shape index (κ3) is 3.79. The van der Waals surface area contributed by atoms with E-state index < -0.39 is 11.2 Å². The SMILES string of the molecule is CC(C)(C)OC(=O)c1ccc(-c2cn(CC3(O)CCC3)nn2)s1. The Hall–Kier alpha value is -1.73.